The molecule has 0 radical (unpaired) electrons. The molecule has 0 unspecified atom stereocenters. The second-order valence-electron chi connectivity index (χ2n) is 4.06. The predicted molar refractivity (Wildman–Crippen MR) is 69.3 cm³/mol. The van der Waals surface area contributed by atoms with Gasteiger partial charge in [-0.1, -0.05) is 11.2 Å². The van der Waals surface area contributed by atoms with E-state index in [1.807, 2.05) is 17.5 Å². The quantitative estimate of drug-likeness (QED) is 0.908. The van der Waals surface area contributed by atoms with Crippen LogP contribution < -0.4 is 5.32 Å². The average molecular weight is 272 g/mol. The molecule has 0 aliphatic heterocycles. The summed E-state index contributed by atoms with van der Waals surface area (Å²) in [6, 6.07) is 3.98. The van der Waals surface area contributed by atoms with Gasteiger partial charge in [-0.3, -0.25) is 0 Å². The molecule has 1 aliphatic rings. The molecule has 4 nitrogen and oxygen atoms in total. The first-order valence-corrected chi connectivity index (χ1v) is 6.37. The highest BCUT2D eigenvalue weighted by atomic mass is 35.5. The van der Waals surface area contributed by atoms with Gasteiger partial charge in [0.15, 0.2) is 0 Å². The number of nitrogens with zero attached hydrogens (tertiary/aromatic N) is 2. The van der Waals surface area contributed by atoms with Gasteiger partial charge in [-0.25, -0.2) is 0 Å². The van der Waals surface area contributed by atoms with Gasteiger partial charge in [0.05, 0.1) is 11.4 Å². The molecule has 6 heteroatoms. The Bertz CT molecular complexity index is 453. The van der Waals surface area contributed by atoms with Crippen molar-refractivity contribution >= 4 is 23.7 Å². The smallest absolute Gasteiger partial charge is 0.240 e. The van der Waals surface area contributed by atoms with Crippen LogP contribution in [0.5, 0.6) is 0 Å². The third-order valence-electron chi connectivity index (χ3n) is 2.62. The fraction of sp³-hybridized carbons (Fsp3) is 0.455. The van der Waals surface area contributed by atoms with E-state index in [-0.39, 0.29) is 12.4 Å². The molecule has 3 rings (SSSR count). The van der Waals surface area contributed by atoms with Crippen LogP contribution in [0.3, 0.4) is 0 Å². The molecular formula is C11H14ClN3OS. The maximum atomic E-state index is 5.17. The highest BCUT2D eigenvalue weighted by molar-refractivity contribution is 7.13. The number of halogens is 1. The van der Waals surface area contributed by atoms with Crippen molar-refractivity contribution in [1.82, 2.24) is 15.5 Å². The number of hydrogen-bond donors (Lipinski definition) is 1. The Labute approximate surface area is 110 Å². The van der Waals surface area contributed by atoms with E-state index in [9.17, 15) is 0 Å². The zero-order chi connectivity index (χ0) is 10.8. The third kappa shape index (κ3) is 3.28. The van der Waals surface area contributed by atoms with Gasteiger partial charge in [0.1, 0.15) is 0 Å². The number of rotatable bonds is 5. The van der Waals surface area contributed by atoms with E-state index < -0.39 is 0 Å². The minimum atomic E-state index is 0. The summed E-state index contributed by atoms with van der Waals surface area (Å²) in [5, 5.41) is 9.30. The lowest BCUT2D eigenvalue weighted by Crippen LogP contribution is -2.16. The lowest BCUT2D eigenvalue weighted by Gasteiger charge is -1.96. The molecule has 0 amide bonds. The molecule has 2 aromatic rings. The topological polar surface area (TPSA) is 51.0 Å². The molecular weight excluding hydrogens is 258 g/mol. The summed E-state index contributed by atoms with van der Waals surface area (Å²) < 4.78 is 5.17. The van der Waals surface area contributed by atoms with Gasteiger partial charge in [-0.15, -0.1) is 23.7 Å². The molecule has 0 saturated heterocycles. The van der Waals surface area contributed by atoms with Crippen LogP contribution >= 0.6 is 23.7 Å². The first kappa shape index (κ1) is 12.5. The van der Waals surface area contributed by atoms with Crippen molar-refractivity contribution < 1.29 is 4.52 Å². The van der Waals surface area contributed by atoms with E-state index in [4.69, 9.17) is 4.52 Å². The van der Waals surface area contributed by atoms with E-state index in [1.165, 1.54) is 12.8 Å². The normalized spacial score (nSPS) is 14.6. The minimum absolute atomic E-state index is 0. The van der Waals surface area contributed by atoms with Crippen LogP contribution in [0.2, 0.25) is 0 Å². The molecule has 0 aromatic carbocycles. The van der Waals surface area contributed by atoms with Crippen LogP contribution in [-0.2, 0) is 6.54 Å². The second kappa shape index (κ2) is 5.62. The van der Waals surface area contributed by atoms with Crippen molar-refractivity contribution in [3.63, 3.8) is 0 Å². The Morgan fingerprint density at radius 2 is 2.35 bits per heavy atom. The van der Waals surface area contributed by atoms with E-state index in [1.54, 1.807) is 11.3 Å². The lowest BCUT2D eigenvalue weighted by atomic mass is 10.4. The van der Waals surface area contributed by atoms with E-state index in [0.717, 1.165) is 17.3 Å². The Kier molecular flexibility index (Phi) is 4.15. The minimum Gasteiger partial charge on any atom is -0.338 e. The molecule has 0 bridgehead atoms. The Morgan fingerprint density at radius 1 is 1.47 bits per heavy atom. The van der Waals surface area contributed by atoms with Crippen LogP contribution in [0, 0.1) is 5.92 Å². The van der Waals surface area contributed by atoms with Crippen LogP contribution in [-0.4, -0.2) is 16.7 Å². The molecule has 92 valence electrons. The standard InChI is InChI=1S/C11H13N3OS.ClH/c1-2-9(16-5-1)11-13-10(15-14-11)7-12-6-8-3-4-8;/h1-2,5,8,12H,3-4,6-7H2;1H. The van der Waals surface area contributed by atoms with Gasteiger partial charge >= 0.3 is 0 Å². The fourth-order valence-electron chi connectivity index (χ4n) is 1.54. The zero-order valence-electron chi connectivity index (χ0n) is 9.26. The average Bonchev–Trinajstić information content (AvgIpc) is 2.83. The number of nitrogens with one attached hydrogen (secondary N) is 1. The van der Waals surface area contributed by atoms with Gasteiger partial charge < -0.3 is 9.84 Å². The monoisotopic (exact) mass is 271 g/mol. The SMILES string of the molecule is Cl.c1csc(-c2noc(CNCC3CC3)n2)c1. The van der Waals surface area contributed by atoms with Gasteiger partial charge in [-0.05, 0) is 36.8 Å². The maximum absolute atomic E-state index is 5.17. The van der Waals surface area contributed by atoms with Gasteiger partial charge in [-0.2, -0.15) is 4.98 Å². The van der Waals surface area contributed by atoms with Gasteiger partial charge in [0.25, 0.3) is 0 Å². The van der Waals surface area contributed by atoms with Crippen molar-refractivity contribution in [1.29, 1.82) is 0 Å². The van der Waals surface area contributed by atoms with Gasteiger partial charge in [0.2, 0.25) is 11.7 Å². The van der Waals surface area contributed by atoms with Crippen molar-refractivity contribution in [3.05, 3.63) is 23.4 Å². The Balaban J connectivity index is 0.00000108. The van der Waals surface area contributed by atoms with Crippen LogP contribution in [0.1, 0.15) is 18.7 Å². The van der Waals surface area contributed by atoms with Crippen LogP contribution in [0.4, 0.5) is 0 Å². The molecule has 1 aliphatic carbocycles. The van der Waals surface area contributed by atoms with Crippen molar-refractivity contribution in [3.8, 4) is 10.7 Å². The predicted octanol–water partition coefficient (Wildman–Crippen LogP) is 2.72. The lowest BCUT2D eigenvalue weighted by molar-refractivity contribution is 0.367. The fourth-order valence-corrected chi connectivity index (χ4v) is 2.19. The number of hydrogen-bond acceptors (Lipinski definition) is 5. The first-order chi connectivity index (χ1) is 7.92. The zero-order valence-corrected chi connectivity index (χ0v) is 10.9. The largest absolute Gasteiger partial charge is 0.338 e. The summed E-state index contributed by atoms with van der Waals surface area (Å²) in [5.41, 5.74) is 0. The van der Waals surface area contributed by atoms with Crippen LogP contribution in [0.25, 0.3) is 10.7 Å². The molecule has 0 atom stereocenters. The Morgan fingerprint density at radius 3 is 3.06 bits per heavy atom. The highest BCUT2D eigenvalue weighted by Gasteiger charge is 2.20. The summed E-state index contributed by atoms with van der Waals surface area (Å²) in [6.07, 6.45) is 2.72. The van der Waals surface area contributed by atoms with Crippen molar-refractivity contribution in [2.24, 2.45) is 5.92 Å². The van der Waals surface area contributed by atoms with E-state index in [0.29, 0.717) is 18.3 Å². The summed E-state index contributed by atoms with van der Waals surface area (Å²) in [4.78, 5) is 5.39. The Hall–Kier alpha value is -0.910. The third-order valence-corrected chi connectivity index (χ3v) is 3.48. The molecule has 2 aromatic heterocycles. The summed E-state index contributed by atoms with van der Waals surface area (Å²) in [5.74, 6) is 2.24. The highest BCUT2D eigenvalue weighted by Crippen LogP contribution is 2.27. The van der Waals surface area contributed by atoms with E-state index >= 15 is 0 Å². The second-order valence-corrected chi connectivity index (χ2v) is 5.01. The summed E-state index contributed by atoms with van der Waals surface area (Å²) in [6.45, 7) is 1.74. The summed E-state index contributed by atoms with van der Waals surface area (Å²) >= 11 is 1.62. The van der Waals surface area contributed by atoms with E-state index in [2.05, 4.69) is 15.5 Å². The number of aromatic nitrogens is 2. The number of thiophene rings is 1. The van der Waals surface area contributed by atoms with Crippen LogP contribution in [0.15, 0.2) is 22.0 Å². The van der Waals surface area contributed by atoms with Crippen molar-refractivity contribution in [2.45, 2.75) is 19.4 Å². The first-order valence-electron chi connectivity index (χ1n) is 5.49. The van der Waals surface area contributed by atoms with Gasteiger partial charge in [0, 0.05) is 0 Å². The molecule has 1 fully saturated rings. The van der Waals surface area contributed by atoms with Crippen molar-refractivity contribution in [2.75, 3.05) is 6.54 Å². The molecule has 17 heavy (non-hydrogen) atoms. The molecule has 0 spiro atoms. The molecule has 2 heterocycles. The summed E-state index contributed by atoms with van der Waals surface area (Å²) in [7, 11) is 0. The molecule has 1 N–H and O–H groups in total. The maximum Gasteiger partial charge on any atom is 0.240 e. The molecule has 1 saturated carbocycles.